The third-order valence-electron chi connectivity index (χ3n) is 3.06. The Labute approximate surface area is 124 Å². The van der Waals surface area contributed by atoms with Gasteiger partial charge in [0.15, 0.2) is 0 Å². The molecule has 104 valence electrons. The molecule has 0 aliphatic heterocycles. The van der Waals surface area contributed by atoms with Crippen molar-refractivity contribution >= 4 is 28.9 Å². The van der Waals surface area contributed by atoms with E-state index < -0.39 is 0 Å². The molecule has 2 N–H and O–H groups in total. The van der Waals surface area contributed by atoms with Gasteiger partial charge in [-0.05, 0) is 43.7 Å². The Morgan fingerprint density at radius 1 is 1.00 bits per heavy atom. The highest BCUT2D eigenvalue weighted by molar-refractivity contribution is 6.34. The molecule has 0 aromatic heterocycles. The highest BCUT2D eigenvalue weighted by atomic mass is 35.5. The predicted octanol–water partition coefficient (Wildman–Crippen LogP) is 4.25. The maximum Gasteiger partial charge on any atom is 0.257 e. The minimum absolute atomic E-state index is 0.175. The molecule has 1 amide bonds. The fourth-order valence-electron chi connectivity index (χ4n) is 1.99. The topological polar surface area (TPSA) is 41.1 Å². The molecule has 2 aromatic rings. The summed E-state index contributed by atoms with van der Waals surface area (Å²) in [5.41, 5.74) is 4.09. The monoisotopic (exact) mass is 288 g/mol. The van der Waals surface area contributed by atoms with Crippen molar-refractivity contribution in [3.63, 3.8) is 0 Å². The van der Waals surface area contributed by atoms with E-state index in [2.05, 4.69) is 10.6 Å². The van der Waals surface area contributed by atoms with Gasteiger partial charge >= 0.3 is 0 Å². The first-order valence-corrected chi connectivity index (χ1v) is 6.75. The molecule has 0 atom stereocenters. The number of carbonyl (C=O) groups excluding carboxylic acids is 1. The van der Waals surface area contributed by atoms with Crippen LogP contribution in [0.3, 0.4) is 0 Å². The molecule has 0 saturated heterocycles. The van der Waals surface area contributed by atoms with Crippen LogP contribution in [0.15, 0.2) is 36.4 Å². The third kappa shape index (κ3) is 3.11. The first kappa shape index (κ1) is 14.4. The van der Waals surface area contributed by atoms with Crippen molar-refractivity contribution in [3.05, 3.63) is 58.1 Å². The van der Waals surface area contributed by atoms with Crippen LogP contribution in [-0.2, 0) is 0 Å². The second-order valence-corrected chi connectivity index (χ2v) is 5.14. The van der Waals surface area contributed by atoms with Gasteiger partial charge in [0, 0.05) is 12.7 Å². The van der Waals surface area contributed by atoms with Gasteiger partial charge < -0.3 is 10.6 Å². The van der Waals surface area contributed by atoms with Crippen LogP contribution in [0.5, 0.6) is 0 Å². The van der Waals surface area contributed by atoms with Crippen LogP contribution in [0.1, 0.15) is 21.5 Å². The Balaban J connectivity index is 2.32. The quantitative estimate of drug-likeness (QED) is 0.886. The fourth-order valence-corrected chi connectivity index (χ4v) is 2.15. The molecule has 0 radical (unpaired) electrons. The molecular formula is C16H17ClN2O. The Morgan fingerprint density at radius 3 is 2.35 bits per heavy atom. The molecule has 0 heterocycles. The van der Waals surface area contributed by atoms with E-state index in [1.807, 2.05) is 44.2 Å². The Morgan fingerprint density at radius 2 is 1.65 bits per heavy atom. The SMILES string of the molecule is CNc1ccc(C)cc1C(=O)Nc1cc(C)ccc1Cl. The van der Waals surface area contributed by atoms with E-state index in [0.717, 1.165) is 16.8 Å². The number of hydrogen-bond donors (Lipinski definition) is 2. The Kier molecular flexibility index (Phi) is 4.30. The predicted molar refractivity (Wildman–Crippen MR) is 84.9 cm³/mol. The Bertz CT molecular complexity index is 653. The highest BCUT2D eigenvalue weighted by Gasteiger charge is 2.12. The summed E-state index contributed by atoms with van der Waals surface area (Å²) >= 11 is 6.10. The average Bonchev–Trinajstić information content (AvgIpc) is 2.42. The number of nitrogens with one attached hydrogen (secondary N) is 2. The number of amides is 1. The molecule has 0 bridgehead atoms. The standard InChI is InChI=1S/C16H17ClN2O/c1-10-5-7-14(18-3)12(8-10)16(20)19-15-9-11(2)4-6-13(15)17/h4-9,18H,1-3H3,(H,19,20). The number of aryl methyl sites for hydroxylation is 2. The minimum atomic E-state index is -0.175. The summed E-state index contributed by atoms with van der Waals surface area (Å²) in [6.07, 6.45) is 0. The maximum atomic E-state index is 12.4. The first-order valence-electron chi connectivity index (χ1n) is 6.37. The molecule has 0 unspecified atom stereocenters. The maximum absolute atomic E-state index is 12.4. The van der Waals surface area contributed by atoms with Crippen LogP contribution in [0.2, 0.25) is 5.02 Å². The van der Waals surface area contributed by atoms with Crippen molar-refractivity contribution in [1.29, 1.82) is 0 Å². The lowest BCUT2D eigenvalue weighted by Gasteiger charge is -2.12. The van der Waals surface area contributed by atoms with E-state index in [1.54, 1.807) is 13.1 Å². The van der Waals surface area contributed by atoms with E-state index in [1.165, 1.54) is 0 Å². The van der Waals surface area contributed by atoms with Gasteiger partial charge in [-0.15, -0.1) is 0 Å². The number of hydrogen-bond acceptors (Lipinski definition) is 2. The number of anilines is 2. The zero-order valence-electron chi connectivity index (χ0n) is 11.8. The van der Waals surface area contributed by atoms with E-state index >= 15 is 0 Å². The summed E-state index contributed by atoms with van der Waals surface area (Å²) in [4.78, 5) is 12.4. The van der Waals surface area contributed by atoms with Gasteiger partial charge in [0.2, 0.25) is 0 Å². The largest absolute Gasteiger partial charge is 0.387 e. The fraction of sp³-hybridized carbons (Fsp3) is 0.188. The highest BCUT2D eigenvalue weighted by Crippen LogP contribution is 2.25. The summed E-state index contributed by atoms with van der Waals surface area (Å²) < 4.78 is 0. The summed E-state index contributed by atoms with van der Waals surface area (Å²) in [7, 11) is 1.79. The van der Waals surface area contributed by atoms with Crippen molar-refractivity contribution in [2.75, 3.05) is 17.7 Å². The zero-order valence-corrected chi connectivity index (χ0v) is 12.5. The lowest BCUT2D eigenvalue weighted by Crippen LogP contribution is -2.14. The molecule has 3 nitrogen and oxygen atoms in total. The van der Waals surface area contributed by atoms with Crippen molar-refractivity contribution in [1.82, 2.24) is 0 Å². The summed E-state index contributed by atoms with van der Waals surface area (Å²) in [6.45, 7) is 3.91. The molecule has 20 heavy (non-hydrogen) atoms. The van der Waals surface area contributed by atoms with Crippen LogP contribution in [0.4, 0.5) is 11.4 Å². The number of rotatable bonds is 3. The van der Waals surface area contributed by atoms with Gasteiger partial charge in [-0.1, -0.05) is 29.3 Å². The third-order valence-corrected chi connectivity index (χ3v) is 3.39. The lowest BCUT2D eigenvalue weighted by molar-refractivity contribution is 0.102. The van der Waals surface area contributed by atoms with Crippen LogP contribution in [0, 0.1) is 13.8 Å². The van der Waals surface area contributed by atoms with Gasteiger partial charge in [0.05, 0.1) is 16.3 Å². The average molecular weight is 289 g/mol. The summed E-state index contributed by atoms with van der Waals surface area (Å²) in [5, 5.41) is 6.41. The van der Waals surface area contributed by atoms with Crippen LogP contribution >= 0.6 is 11.6 Å². The molecule has 0 fully saturated rings. The van der Waals surface area contributed by atoms with Crippen LogP contribution in [0.25, 0.3) is 0 Å². The summed E-state index contributed by atoms with van der Waals surface area (Å²) in [5.74, 6) is -0.175. The molecular weight excluding hydrogens is 272 g/mol. The van der Waals surface area contributed by atoms with Gasteiger partial charge in [-0.2, -0.15) is 0 Å². The van der Waals surface area contributed by atoms with Gasteiger partial charge in [-0.25, -0.2) is 0 Å². The molecule has 2 aromatic carbocycles. The van der Waals surface area contributed by atoms with Gasteiger partial charge in [-0.3, -0.25) is 4.79 Å². The van der Waals surface area contributed by atoms with E-state index in [0.29, 0.717) is 16.3 Å². The molecule has 0 aliphatic rings. The van der Waals surface area contributed by atoms with Crippen molar-refractivity contribution in [2.45, 2.75) is 13.8 Å². The molecule has 0 saturated carbocycles. The second-order valence-electron chi connectivity index (χ2n) is 4.74. The lowest BCUT2D eigenvalue weighted by atomic mass is 10.1. The number of carbonyl (C=O) groups is 1. The number of halogens is 1. The molecule has 0 spiro atoms. The molecule has 2 rings (SSSR count). The Hall–Kier alpha value is -2.00. The van der Waals surface area contributed by atoms with Crippen molar-refractivity contribution < 1.29 is 4.79 Å². The van der Waals surface area contributed by atoms with E-state index in [-0.39, 0.29) is 5.91 Å². The van der Waals surface area contributed by atoms with Gasteiger partial charge in [0.1, 0.15) is 0 Å². The first-order chi connectivity index (χ1) is 9.51. The van der Waals surface area contributed by atoms with E-state index in [9.17, 15) is 4.79 Å². The van der Waals surface area contributed by atoms with Crippen LogP contribution < -0.4 is 10.6 Å². The van der Waals surface area contributed by atoms with Crippen LogP contribution in [-0.4, -0.2) is 13.0 Å². The second kappa shape index (κ2) is 5.97. The zero-order chi connectivity index (χ0) is 14.7. The minimum Gasteiger partial charge on any atom is -0.387 e. The summed E-state index contributed by atoms with van der Waals surface area (Å²) in [6, 6.07) is 11.2. The van der Waals surface area contributed by atoms with E-state index in [4.69, 9.17) is 11.6 Å². The van der Waals surface area contributed by atoms with Crippen molar-refractivity contribution in [3.8, 4) is 0 Å². The normalized spacial score (nSPS) is 10.2. The molecule has 0 aliphatic carbocycles. The smallest absolute Gasteiger partial charge is 0.257 e. The number of benzene rings is 2. The van der Waals surface area contributed by atoms with Crippen molar-refractivity contribution in [2.24, 2.45) is 0 Å². The van der Waals surface area contributed by atoms with Gasteiger partial charge in [0.25, 0.3) is 5.91 Å². The molecule has 4 heteroatoms.